The van der Waals surface area contributed by atoms with Gasteiger partial charge in [0, 0.05) is 44.2 Å². The average molecular weight is 498 g/mol. The molecule has 8 nitrogen and oxygen atoms in total. The van der Waals surface area contributed by atoms with Crippen molar-refractivity contribution in [3.8, 4) is 28.3 Å². The molecule has 0 bridgehead atoms. The number of amides is 1. The lowest BCUT2D eigenvalue weighted by Gasteiger charge is -2.35. The highest BCUT2D eigenvalue weighted by molar-refractivity contribution is 6.05. The van der Waals surface area contributed by atoms with Crippen LogP contribution < -0.4 is 15.0 Å². The number of aryl methyl sites for hydroxylation is 2. The summed E-state index contributed by atoms with van der Waals surface area (Å²) in [6, 6.07) is 19.6. The second-order valence-electron chi connectivity index (χ2n) is 9.35. The zero-order chi connectivity index (χ0) is 25.9. The van der Waals surface area contributed by atoms with E-state index in [2.05, 4.69) is 32.3 Å². The molecule has 1 aliphatic rings. The molecule has 0 unspecified atom stereocenters. The number of hydrogen-bond donors (Lipinski definition) is 1. The molecule has 1 aliphatic heterocycles. The van der Waals surface area contributed by atoms with Gasteiger partial charge in [-0.2, -0.15) is 4.98 Å². The van der Waals surface area contributed by atoms with E-state index < -0.39 is 0 Å². The summed E-state index contributed by atoms with van der Waals surface area (Å²) in [6.45, 7) is 7.64. The number of likely N-dealkylation sites (N-methyl/N-ethyl adjacent to an activating group) is 1. The van der Waals surface area contributed by atoms with Crippen LogP contribution in [0.15, 0.2) is 65.2 Å². The predicted octanol–water partition coefficient (Wildman–Crippen LogP) is 5.03. The Hall–Kier alpha value is -4.17. The number of piperazine rings is 1. The Balaban J connectivity index is 1.32. The van der Waals surface area contributed by atoms with Gasteiger partial charge in [0.15, 0.2) is 5.75 Å². The number of para-hydroxylation sites is 1. The number of ether oxygens (including phenoxy) is 1. The lowest BCUT2D eigenvalue weighted by molar-refractivity contribution is 0.102. The first-order valence-corrected chi connectivity index (χ1v) is 12.4. The fourth-order valence-electron chi connectivity index (χ4n) is 4.67. The van der Waals surface area contributed by atoms with Crippen LogP contribution in [0.5, 0.6) is 5.75 Å². The Morgan fingerprint density at radius 2 is 1.70 bits per heavy atom. The Morgan fingerprint density at radius 3 is 2.35 bits per heavy atom. The number of carbonyl (C=O) groups is 1. The monoisotopic (exact) mass is 497 g/mol. The average Bonchev–Trinajstić information content (AvgIpc) is 3.35. The topological polar surface area (TPSA) is 83.7 Å². The lowest BCUT2D eigenvalue weighted by atomic mass is 9.97. The van der Waals surface area contributed by atoms with Crippen molar-refractivity contribution in [1.82, 2.24) is 15.0 Å². The van der Waals surface area contributed by atoms with Crippen molar-refractivity contribution in [2.75, 3.05) is 50.6 Å². The summed E-state index contributed by atoms with van der Waals surface area (Å²) in [4.78, 5) is 22.0. The smallest absolute Gasteiger partial charge is 0.255 e. The molecule has 5 rings (SSSR count). The molecule has 0 aliphatic carbocycles. The van der Waals surface area contributed by atoms with Crippen LogP contribution in [0.3, 0.4) is 0 Å². The zero-order valence-corrected chi connectivity index (χ0v) is 21.6. The zero-order valence-electron chi connectivity index (χ0n) is 21.6. The lowest BCUT2D eigenvalue weighted by Crippen LogP contribution is -2.44. The van der Waals surface area contributed by atoms with E-state index >= 15 is 0 Å². The number of nitrogens with one attached hydrogen (secondary N) is 1. The number of carbonyl (C=O) groups excluding carboxylic acids is 1. The summed E-state index contributed by atoms with van der Waals surface area (Å²) in [7, 11) is 3.77. The van der Waals surface area contributed by atoms with E-state index in [1.165, 1.54) is 0 Å². The van der Waals surface area contributed by atoms with Crippen LogP contribution in [0.2, 0.25) is 0 Å². The summed E-state index contributed by atoms with van der Waals surface area (Å²) < 4.78 is 10.8. The summed E-state index contributed by atoms with van der Waals surface area (Å²) in [5, 5.41) is 7.04. The largest absolute Gasteiger partial charge is 0.492 e. The molecule has 0 atom stereocenters. The first-order valence-electron chi connectivity index (χ1n) is 12.4. The molecule has 1 fully saturated rings. The van der Waals surface area contributed by atoms with Gasteiger partial charge in [-0.1, -0.05) is 35.5 Å². The van der Waals surface area contributed by atoms with E-state index in [4.69, 9.17) is 9.26 Å². The van der Waals surface area contributed by atoms with Crippen molar-refractivity contribution in [3.05, 3.63) is 77.7 Å². The number of anilines is 2. The van der Waals surface area contributed by atoms with Gasteiger partial charge in [-0.3, -0.25) is 4.79 Å². The summed E-state index contributed by atoms with van der Waals surface area (Å²) >= 11 is 0. The molecule has 190 valence electrons. The minimum absolute atomic E-state index is 0.181. The van der Waals surface area contributed by atoms with E-state index in [1.807, 2.05) is 67.6 Å². The predicted molar refractivity (Wildman–Crippen MR) is 145 cm³/mol. The molecule has 37 heavy (non-hydrogen) atoms. The Morgan fingerprint density at radius 1 is 0.973 bits per heavy atom. The van der Waals surface area contributed by atoms with Crippen LogP contribution in [0, 0.1) is 13.8 Å². The van der Waals surface area contributed by atoms with Gasteiger partial charge >= 0.3 is 0 Å². The van der Waals surface area contributed by atoms with E-state index in [1.54, 1.807) is 14.0 Å². The third-order valence-electron chi connectivity index (χ3n) is 6.76. The molecular formula is C29H31N5O3. The van der Waals surface area contributed by atoms with Crippen molar-refractivity contribution < 1.29 is 14.1 Å². The highest BCUT2D eigenvalue weighted by atomic mass is 16.5. The van der Waals surface area contributed by atoms with Crippen molar-refractivity contribution in [1.29, 1.82) is 0 Å². The SMILES string of the molecule is COc1c(NC(=O)c2ccc(-c3ccc(-c4noc(C)n4)cc3C)cc2)cccc1N1CCN(C)CC1. The van der Waals surface area contributed by atoms with E-state index in [-0.39, 0.29) is 5.91 Å². The van der Waals surface area contributed by atoms with Gasteiger partial charge in [0.25, 0.3) is 5.91 Å². The fourth-order valence-corrected chi connectivity index (χ4v) is 4.67. The number of aromatic nitrogens is 2. The number of hydrogen-bond acceptors (Lipinski definition) is 7. The van der Waals surface area contributed by atoms with E-state index in [0.717, 1.165) is 54.1 Å². The van der Waals surface area contributed by atoms with Crippen LogP contribution >= 0.6 is 0 Å². The number of methoxy groups -OCH3 is 1. The van der Waals surface area contributed by atoms with Crippen LogP contribution in [-0.4, -0.2) is 61.3 Å². The van der Waals surface area contributed by atoms with Crippen LogP contribution in [-0.2, 0) is 0 Å². The molecule has 0 radical (unpaired) electrons. The minimum atomic E-state index is -0.181. The first-order chi connectivity index (χ1) is 17.9. The summed E-state index contributed by atoms with van der Waals surface area (Å²) in [5.41, 5.74) is 6.34. The second-order valence-corrected chi connectivity index (χ2v) is 9.35. The maximum Gasteiger partial charge on any atom is 0.255 e. The molecule has 1 amide bonds. The van der Waals surface area contributed by atoms with Crippen molar-refractivity contribution >= 4 is 17.3 Å². The van der Waals surface area contributed by atoms with Gasteiger partial charge in [-0.05, 0) is 61.0 Å². The van der Waals surface area contributed by atoms with Crippen LogP contribution in [0.25, 0.3) is 22.5 Å². The second kappa shape index (κ2) is 10.4. The number of benzene rings is 3. The van der Waals surface area contributed by atoms with Crippen LogP contribution in [0.4, 0.5) is 11.4 Å². The van der Waals surface area contributed by atoms with Gasteiger partial charge in [-0.25, -0.2) is 0 Å². The van der Waals surface area contributed by atoms with Crippen LogP contribution in [0.1, 0.15) is 21.8 Å². The number of rotatable bonds is 6. The number of nitrogens with zero attached hydrogens (tertiary/aromatic N) is 4. The molecule has 1 saturated heterocycles. The van der Waals surface area contributed by atoms with Crippen molar-refractivity contribution in [2.45, 2.75) is 13.8 Å². The molecule has 4 aromatic rings. The maximum absolute atomic E-state index is 13.1. The van der Waals surface area contributed by atoms with Gasteiger partial charge in [0.2, 0.25) is 11.7 Å². The first kappa shape index (κ1) is 24.5. The fraction of sp³-hybridized carbons (Fsp3) is 0.276. The molecule has 3 aromatic carbocycles. The highest BCUT2D eigenvalue weighted by Gasteiger charge is 2.20. The minimum Gasteiger partial charge on any atom is -0.492 e. The molecular weight excluding hydrogens is 466 g/mol. The van der Waals surface area contributed by atoms with Crippen molar-refractivity contribution in [3.63, 3.8) is 0 Å². The summed E-state index contributed by atoms with van der Waals surface area (Å²) in [6.07, 6.45) is 0. The highest BCUT2D eigenvalue weighted by Crippen LogP contribution is 2.36. The molecule has 8 heteroatoms. The van der Waals surface area contributed by atoms with Crippen molar-refractivity contribution in [2.24, 2.45) is 0 Å². The third-order valence-corrected chi connectivity index (χ3v) is 6.76. The van der Waals surface area contributed by atoms with Gasteiger partial charge in [-0.15, -0.1) is 0 Å². The Bertz CT molecular complexity index is 1410. The Kier molecular flexibility index (Phi) is 6.92. The Labute approximate surface area is 216 Å². The third kappa shape index (κ3) is 5.20. The maximum atomic E-state index is 13.1. The molecule has 2 heterocycles. The van der Waals surface area contributed by atoms with E-state index in [0.29, 0.717) is 28.7 Å². The quantitative estimate of drug-likeness (QED) is 0.400. The normalized spacial score (nSPS) is 14.0. The molecule has 1 aromatic heterocycles. The molecule has 0 saturated carbocycles. The van der Waals surface area contributed by atoms with Gasteiger partial charge < -0.3 is 24.4 Å². The van der Waals surface area contributed by atoms with Gasteiger partial charge in [0.05, 0.1) is 18.5 Å². The van der Waals surface area contributed by atoms with Gasteiger partial charge in [0.1, 0.15) is 0 Å². The molecule has 1 N–H and O–H groups in total. The standard InChI is InChI=1S/C29H31N5O3/c1-19-18-23(28-30-20(2)37-32-28)12-13-24(19)21-8-10-22(11-9-21)29(35)31-25-6-5-7-26(27(25)36-4)34-16-14-33(3)15-17-34/h5-13,18H,14-17H2,1-4H3,(H,31,35). The summed E-state index contributed by atoms with van der Waals surface area (Å²) in [5.74, 6) is 1.62. The van der Waals surface area contributed by atoms with E-state index in [9.17, 15) is 4.79 Å². The molecule has 0 spiro atoms.